The maximum atomic E-state index is 13.3. The number of hydrogen-bond donors (Lipinski definition) is 1. The Morgan fingerprint density at radius 3 is 2.57 bits per heavy atom. The van der Waals surface area contributed by atoms with Gasteiger partial charge in [0, 0.05) is 11.4 Å². The Hall–Kier alpha value is -1.35. The molecule has 2 nitrogen and oxygen atoms in total. The second-order valence-electron chi connectivity index (χ2n) is 3.23. The van der Waals surface area contributed by atoms with E-state index in [1.54, 1.807) is 16.5 Å². The Kier molecular flexibility index (Phi) is 2.25. The standard InChI is InChI=1S/C11H12FNO/c1-2-8-4-6-11-10(12)5-3-9(7-14)13(8)11/h3-6,14H,2,7H2,1H3. The van der Waals surface area contributed by atoms with Crippen LogP contribution in [0.25, 0.3) is 5.52 Å². The molecule has 0 unspecified atom stereocenters. The number of rotatable bonds is 2. The lowest BCUT2D eigenvalue weighted by molar-refractivity contribution is 0.274. The molecule has 0 fully saturated rings. The van der Waals surface area contributed by atoms with Crippen LogP contribution >= 0.6 is 0 Å². The van der Waals surface area contributed by atoms with E-state index in [0.29, 0.717) is 5.52 Å². The van der Waals surface area contributed by atoms with Crippen LogP contribution in [0.2, 0.25) is 0 Å². The van der Waals surface area contributed by atoms with Crippen molar-refractivity contribution >= 4 is 5.52 Å². The fourth-order valence-corrected chi connectivity index (χ4v) is 1.73. The van der Waals surface area contributed by atoms with Gasteiger partial charge in [-0.05, 0) is 30.7 Å². The lowest BCUT2D eigenvalue weighted by atomic mass is 10.3. The lowest BCUT2D eigenvalue weighted by Gasteiger charge is -2.07. The second-order valence-corrected chi connectivity index (χ2v) is 3.23. The van der Waals surface area contributed by atoms with E-state index in [-0.39, 0.29) is 12.4 Å². The minimum Gasteiger partial charge on any atom is -0.390 e. The Morgan fingerprint density at radius 2 is 1.93 bits per heavy atom. The molecular weight excluding hydrogens is 181 g/mol. The Balaban J connectivity index is 2.82. The van der Waals surface area contributed by atoms with Gasteiger partial charge in [0.05, 0.1) is 12.1 Å². The highest BCUT2D eigenvalue weighted by Crippen LogP contribution is 2.17. The molecule has 0 radical (unpaired) electrons. The molecule has 0 aliphatic carbocycles. The van der Waals surface area contributed by atoms with Crippen LogP contribution in [0.1, 0.15) is 18.3 Å². The van der Waals surface area contributed by atoms with E-state index in [0.717, 1.165) is 17.8 Å². The summed E-state index contributed by atoms with van der Waals surface area (Å²) in [6, 6.07) is 6.63. The Labute approximate surface area is 81.6 Å². The molecule has 0 saturated carbocycles. The van der Waals surface area contributed by atoms with E-state index >= 15 is 0 Å². The van der Waals surface area contributed by atoms with Gasteiger partial charge in [0.25, 0.3) is 0 Å². The number of halogens is 1. The second kappa shape index (κ2) is 3.42. The summed E-state index contributed by atoms with van der Waals surface area (Å²) in [4.78, 5) is 0. The zero-order valence-electron chi connectivity index (χ0n) is 8.00. The van der Waals surface area contributed by atoms with Crippen molar-refractivity contribution < 1.29 is 9.50 Å². The molecule has 0 atom stereocenters. The van der Waals surface area contributed by atoms with Gasteiger partial charge in [-0.15, -0.1) is 0 Å². The van der Waals surface area contributed by atoms with E-state index in [1.165, 1.54) is 6.07 Å². The summed E-state index contributed by atoms with van der Waals surface area (Å²) in [5.41, 5.74) is 2.28. The van der Waals surface area contributed by atoms with Crippen LogP contribution in [0.5, 0.6) is 0 Å². The SMILES string of the molecule is CCc1ccc2c(F)ccc(CO)n12. The molecule has 2 heterocycles. The fraction of sp³-hybridized carbons (Fsp3) is 0.273. The minimum absolute atomic E-state index is 0.0710. The maximum Gasteiger partial charge on any atom is 0.147 e. The van der Waals surface area contributed by atoms with Crippen LogP contribution in [0, 0.1) is 5.82 Å². The first kappa shape index (κ1) is 9.21. The normalized spacial score (nSPS) is 11.1. The fourth-order valence-electron chi connectivity index (χ4n) is 1.73. The van der Waals surface area contributed by atoms with Crippen LogP contribution in [-0.2, 0) is 13.0 Å². The predicted molar refractivity (Wildman–Crippen MR) is 52.7 cm³/mol. The Morgan fingerprint density at radius 1 is 1.21 bits per heavy atom. The summed E-state index contributed by atoms with van der Waals surface area (Å²) < 4.78 is 15.1. The van der Waals surface area contributed by atoms with Crippen molar-refractivity contribution in [3.8, 4) is 0 Å². The van der Waals surface area contributed by atoms with Crippen molar-refractivity contribution in [2.24, 2.45) is 0 Å². The summed E-state index contributed by atoms with van der Waals surface area (Å²) in [7, 11) is 0. The maximum absolute atomic E-state index is 13.3. The molecule has 0 aliphatic heterocycles. The van der Waals surface area contributed by atoms with E-state index in [9.17, 15) is 4.39 Å². The first-order valence-electron chi connectivity index (χ1n) is 4.66. The number of aryl methyl sites for hydroxylation is 1. The third kappa shape index (κ3) is 1.21. The van der Waals surface area contributed by atoms with Crippen molar-refractivity contribution in [2.45, 2.75) is 20.0 Å². The molecule has 0 spiro atoms. The molecule has 0 saturated heterocycles. The number of fused-ring (bicyclic) bond motifs is 1. The van der Waals surface area contributed by atoms with Crippen LogP contribution in [0.4, 0.5) is 4.39 Å². The third-order valence-corrected chi connectivity index (χ3v) is 2.44. The molecule has 74 valence electrons. The molecule has 0 bridgehead atoms. The van der Waals surface area contributed by atoms with Crippen molar-refractivity contribution in [2.75, 3.05) is 0 Å². The average molecular weight is 193 g/mol. The molecule has 1 N–H and O–H groups in total. The van der Waals surface area contributed by atoms with Gasteiger partial charge >= 0.3 is 0 Å². The third-order valence-electron chi connectivity index (χ3n) is 2.44. The molecule has 0 aliphatic rings. The van der Waals surface area contributed by atoms with Gasteiger partial charge in [-0.25, -0.2) is 4.39 Å². The van der Waals surface area contributed by atoms with Gasteiger partial charge in [-0.1, -0.05) is 6.92 Å². The van der Waals surface area contributed by atoms with Gasteiger partial charge in [0.1, 0.15) is 5.82 Å². The monoisotopic (exact) mass is 193 g/mol. The van der Waals surface area contributed by atoms with Gasteiger partial charge < -0.3 is 9.51 Å². The highest BCUT2D eigenvalue weighted by atomic mass is 19.1. The quantitative estimate of drug-likeness (QED) is 0.776. The number of aromatic nitrogens is 1. The molecule has 3 heteroatoms. The van der Waals surface area contributed by atoms with Crippen LogP contribution in [-0.4, -0.2) is 9.51 Å². The predicted octanol–water partition coefficient (Wildman–Crippen LogP) is 2.13. The number of aliphatic hydroxyl groups excluding tert-OH is 1. The molecule has 0 amide bonds. The van der Waals surface area contributed by atoms with Crippen LogP contribution in [0.15, 0.2) is 24.3 Å². The topological polar surface area (TPSA) is 24.6 Å². The van der Waals surface area contributed by atoms with Gasteiger partial charge in [0.15, 0.2) is 0 Å². The van der Waals surface area contributed by atoms with E-state index in [2.05, 4.69) is 0 Å². The van der Waals surface area contributed by atoms with Gasteiger partial charge in [-0.2, -0.15) is 0 Å². The van der Waals surface area contributed by atoms with Crippen molar-refractivity contribution in [1.29, 1.82) is 0 Å². The first-order valence-corrected chi connectivity index (χ1v) is 4.66. The highest BCUT2D eigenvalue weighted by molar-refractivity contribution is 5.52. The van der Waals surface area contributed by atoms with Crippen molar-refractivity contribution in [1.82, 2.24) is 4.40 Å². The molecule has 2 aromatic heterocycles. The zero-order valence-corrected chi connectivity index (χ0v) is 8.00. The van der Waals surface area contributed by atoms with Crippen molar-refractivity contribution in [3.05, 3.63) is 41.5 Å². The molecule has 2 rings (SSSR count). The zero-order chi connectivity index (χ0) is 10.1. The number of aliphatic hydroxyl groups is 1. The summed E-state index contributed by atoms with van der Waals surface area (Å²) in [5, 5.41) is 9.12. The number of pyridine rings is 1. The summed E-state index contributed by atoms with van der Waals surface area (Å²) in [5.74, 6) is -0.248. The smallest absolute Gasteiger partial charge is 0.147 e. The van der Waals surface area contributed by atoms with Crippen LogP contribution in [0.3, 0.4) is 0 Å². The minimum atomic E-state index is -0.248. The first-order chi connectivity index (χ1) is 6.77. The van der Waals surface area contributed by atoms with E-state index in [1.807, 2.05) is 13.0 Å². The average Bonchev–Trinajstić information content (AvgIpc) is 2.63. The molecule has 14 heavy (non-hydrogen) atoms. The largest absolute Gasteiger partial charge is 0.390 e. The Bertz CT molecular complexity index is 462. The molecular formula is C11H12FNO. The summed E-state index contributed by atoms with van der Waals surface area (Å²) in [6.45, 7) is 1.94. The summed E-state index contributed by atoms with van der Waals surface area (Å²) in [6.07, 6.45) is 0.824. The highest BCUT2D eigenvalue weighted by Gasteiger charge is 2.07. The van der Waals surface area contributed by atoms with Crippen molar-refractivity contribution in [3.63, 3.8) is 0 Å². The van der Waals surface area contributed by atoms with E-state index in [4.69, 9.17) is 5.11 Å². The lowest BCUT2D eigenvalue weighted by Crippen LogP contribution is -2.01. The van der Waals surface area contributed by atoms with E-state index < -0.39 is 0 Å². The van der Waals surface area contributed by atoms with Gasteiger partial charge in [0.2, 0.25) is 0 Å². The number of nitrogens with zero attached hydrogens (tertiary/aromatic N) is 1. The van der Waals surface area contributed by atoms with Gasteiger partial charge in [-0.3, -0.25) is 0 Å². The molecule has 2 aromatic rings. The number of hydrogen-bond acceptors (Lipinski definition) is 1. The summed E-state index contributed by atoms with van der Waals surface area (Å²) >= 11 is 0. The van der Waals surface area contributed by atoms with Crippen LogP contribution < -0.4 is 0 Å². The molecule has 0 aromatic carbocycles.